The number of amides is 1. The number of aromatic nitrogens is 2. The largest absolute Gasteiger partial charge is 0.361 e. The Kier molecular flexibility index (Phi) is 4.34. The molecule has 0 bridgehead atoms. The van der Waals surface area contributed by atoms with E-state index in [9.17, 15) is 4.79 Å². The number of H-pyrrole nitrogens is 1. The number of hydrogen-bond donors (Lipinski definition) is 2. The van der Waals surface area contributed by atoms with Crippen molar-refractivity contribution in [3.63, 3.8) is 0 Å². The average Bonchev–Trinajstić information content (AvgIpc) is 3.34. The maximum absolute atomic E-state index is 13.0. The van der Waals surface area contributed by atoms with Crippen LogP contribution in [0.4, 0.5) is 5.13 Å². The third kappa shape index (κ3) is 3.08. The number of carbonyl (C=O) groups is 1. The third-order valence-corrected chi connectivity index (χ3v) is 5.71. The summed E-state index contributed by atoms with van der Waals surface area (Å²) in [6, 6.07) is 8.21. The van der Waals surface area contributed by atoms with Crippen molar-refractivity contribution >= 4 is 33.3 Å². The van der Waals surface area contributed by atoms with Gasteiger partial charge in [-0.25, -0.2) is 4.98 Å². The van der Waals surface area contributed by atoms with Gasteiger partial charge in [-0.1, -0.05) is 43.9 Å². The molecule has 0 aliphatic heterocycles. The summed E-state index contributed by atoms with van der Waals surface area (Å²) in [5.41, 5.74) is 2.19. The number of thiazole rings is 1. The summed E-state index contributed by atoms with van der Waals surface area (Å²) in [4.78, 5) is 20.5. The second kappa shape index (κ2) is 6.77. The van der Waals surface area contributed by atoms with E-state index >= 15 is 0 Å². The van der Waals surface area contributed by atoms with Gasteiger partial charge in [-0.2, -0.15) is 0 Å². The highest BCUT2D eigenvalue weighted by molar-refractivity contribution is 7.13. The summed E-state index contributed by atoms with van der Waals surface area (Å²) >= 11 is 1.46. The predicted molar refractivity (Wildman–Crippen MR) is 98.4 cm³/mol. The molecule has 0 radical (unpaired) electrons. The number of aromatic amines is 1. The normalized spacial score (nSPS) is 16.5. The number of fused-ring (bicyclic) bond motifs is 1. The highest BCUT2D eigenvalue weighted by atomic mass is 32.1. The summed E-state index contributed by atoms with van der Waals surface area (Å²) < 4.78 is 0. The number of hydrogen-bond acceptors (Lipinski definition) is 3. The van der Waals surface area contributed by atoms with Crippen molar-refractivity contribution in [2.75, 3.05) is 5.32 Å². The zero-order chi connectivity index (χ0) is 16.4. The second-order valence-electron chi connectivity index (χ2n) is 6.55. The Hall–Kier alpha value is -2.14. The molecular formula is C19H21N3OS. The Bertz CT molecular complexity index is 818. The maximum Gasteiger partial charge on any atom is 0.233 e. The minimum absolute atomic E-state index is 0.0570. The van der Waals surface area contributed by atoms with Gasteiger partial charge in [-0.15, -0.1) is 11.3 Å². The van der Waals surface area contributed by atoms with Gasteiger partial charge in [0, 0.05) is 28.7 Å². The lowest BCUT2D eigenvalue weighted by Gasteiger charge is -2.19. The van der Waals surface area contributed by atoms with E-state index < -0.39 is 0 Å². The van der Waals surface area contributed by atoms with Crippen molar-refractivity contribution in [2.45, 2.75) is 38.0 Å². The molecule has 5 heteroatoms. The first-order chi connectivity index (χ1) is 11.8. The first kappa shape index (κ1) is 15.4. The van der Waals surface area contributed by atoms with Gasteiger partial charge in [-0.05, 0) is 24.0 Å². The van der Waals surface area contributed by atoms with E-state index in [4.69, 9.17) is 0 Å². The van der Waals surface area contributed by atoms with Gasteiger partial charge in [-0.3, -0.25) is 4.79 Å². The number of carbonyl (C=O) groups excluding carboxylic acids is 1. The zero-order valence-electron chi connectivity index (χ0n) is 13.5. The molecule has 24 heavy (non-hydrogen) atoms. The number of benzene rings is 1. The summed E-state index contributed by atoms with van der Waals surface area (Å²) in [6.07, 6.45) is 9.70. The molecule has 0 spiro atoms. The van der Waals surface area contributed by atoms with E-state index in [1.54, 1.807) is 6.20 Å². The summed E-state index contributed by atoms with van der Waals surface area (Å²) in [5, 5.41) is 6.71. The van der Waals surface area contributed by atoms with Crippen LogP contribution in [0.5, 0.6) is 0 Å². The molecule has 2 aromatic heterocycles. The van der Waals surface area contributed by atoms with Crippen LogP contribution in [0.1, 0.15) is 43.6 Å². The quantitative estimate of drug-likeness (QED) is 0.692. The lowest BCUT2D eigenvalue weighted by Crippen LogP contribution is -2.23. The lowest BCUT2D eigenvalue weighted by molar-refractivity contribution is -0.118. The van der Waals surface area contributed by atoms with E-state index in [2.05, 4.69) is 27.4 Å². The van der Waals surface area contributed by atoms with Crippen molar-refractivity contribution in [1.29, 1.82) is 0 Å². The number of nitrogens with zero attached hydrogens (tertiary/aromatic N) is 1. The molecule has 1 aromatic carbocycles. The smallest absolute Gasteiger partial charge is 0.233 e. The van der Waals surface area contributed by atoms with Crippen LogP contribution in [0.3, 0.4) is 0 Å². The fourth-order valence-electron chi connectivity index (χ4n) is 3.81. The van der Waals surface area contributed by atoms with Crippen LogP contribution in [-0.4, -0.2) is 15.9 Å². The Labute approximate surface area is 145 Å². The zero-order valence-corrected chi connectivity index (χ0v) is 14.3. The first-order valence-electron chi connectivity index (χ1n) is 8.57. The molecule has 1 atom stereocenters. The van der Waals surface area contributed by atoms with E-state index in [0.29, 0.717) is 11.0 Å². The lowest BCUT2D eigenvalue weighted by atomic mass is 9.87. The van der Waals surface area contributed by atoms with Crippen LogP contribution in [0.25, 0.3) is 10.9 Å². The standard InChI is InChI=1S/C19H21N3OS/c23-18(22-19-20-9-10-24-19)15(11-13-5-1-2-6-13)16-12-21-17-8-4-3-7-14(16)17/h3-4,7-10,12-13,15,21H,1-2,5-6,11H2,(H,20,22,23). The monoisotopic (exact) mass is 339 g/mol. The number of anilines is 1. The van der Waals surface area contributed by atoms with Gasteiger partial charge in [0.1, 0.15) is 0 Å². The molecule has 4 nitrogen and oxygen atoms in total. The molecule has 1 unspecified atom stereocenters. The Morgan fingerprint density at radius 1 is 1.33 bits per heavy atom. The highest BCUT2D eigenvalue weighted by Gasteiger charge is 2.28. The van der Waals surface area contributed by atoms with Crippen LogP contribution in [0, 0.1) is 5.92 Å². The van der Waals surface area contributed by atoms with Crippen LogP contribution in [0.2, 0.25) is 0 Å². The van der Waals surface area contributed by atoms with Crippen molar-refractivity contribution in [2.24, 2.45) is 5.92 Å². The van der Waals surface area contributed by atoms with Crippen molar-refractivity contribution < 1.29 is 4.79 Å². The van der Waals surface area contributed by atoms with E-state index in [-0.39, 0.29) is 11.8 Å². The molecule has 1 fully saturated rings. The molecule has 1 aliphatic carbocycles. The van der Waals surface area contributed by atoms with Crippen LogP contribution < -0.4 is 5.32 Å². The number of nitrogens with one attached hydrogen (secondary N) is 2. The molecular weight excluding hydrogens is 318 g/mol. The summed E-state index contributed by atoms with van der Waals surface area (Å²) in [6.45, 7) is 0. The molecule has 124 valence electrons. The Morgan fingerprint density at radius 2 is 2.17 bits per heavy atom. The van der Waals surface area contributed by atoms with Gasteiger partial charge >= 0.3 is 0 Å². The van der Waals surface area contributed by atoms with E-state index in [1.807, 2.05) is 23.7 Å². The second-order valence-corrected chi connectivity index (χ2v) is 7.45. The first-order valence-corrected chi connectivity index (χ1v) is 9.45. The number of rotatable bonds is 5. The van der Waals surface area contributed by atoms with Gasteiger partial charge in [0.15, 0.2) is 5.13 Å². The third-order valence-electron chi connectivity index (χ3n) is 5.02. The van der Waals surface area contributed by atoms with Crippen molar-refractivity contribution in [1.82, 2.24) is 9.97 Å². The molecule has 0 saturated heterocycles. The molecule has 4 rings (SSSR count). The van der Waals surface area contributed by atoms with Crippen molar-refractivity contribution in [3.8, 4) is 0 Å². The minimum Gasteiger partial charge on any atom is -0.361 e. The van der Waals surface area contributed by atoms with Crippen LogP contribution in [0.15, 0.2) is 42.0 Å². The average molecular weight is 339 g/mol. The highest BCUT2D eigenvalue weighted by Crippen LogP contribution is 2.37. The molecule has 1 aliphatic rings. The van der Waals surface area contributed by atoms with Gasteiger partial charge in [0.2, 0.25) is 5.91 Å². The molecule has 1 saturated carbocycles. The van der Waals surface area contributed by atoms with E-state index in [1.165, 1.54) is 37.0 Å². The SMILES string of the molecule is O=C(Nc1nccs1)C(CC1CCCC1)c1c[nH]c2ccccc12. The minimum atomic E-state index is -0.131. The van der Waals surface area contributed by atoms with Crippen LogP contribution in [-0.2, 0) is 4.79 Å². The van der Waals surface area contributed by atoms with E-state index in [0.717, 1.165) is 22.9 Å². The van der Waals surface area contributed by atoms with Gasteiger partial charge in [0.05, 0.1) is 5.92 Å². The Morgan fingerprint density at radius 3 is 2.96 bits per heavy atom. The topological polar surface area (TPSA) is 57.8 Å². The molecule has 2 N–H and O–H groups in total. The number of para-hydroxylation sites is 1. The molecule has 3 aromatic rings. The maximum atomic E-state index is 13.0. The predicted octanol–water partition coefficient (Wildman–Crippen LogP) is 4.93. The van der Waals surface area contributed by atoms with Gasteiger partial charge < -0.3 is 10.3 Å². The fraction of sp³-hybridized carbons (Fsp3) is 0.368. The van der Waals surface area contributed by atoms with Crippen molar-refractivity contribution in [3.05, 3.63) is 47.6 Å². The molecule has 1 amide bonds. The van der Waals surface area contributed by atoms with Crippen LogP contribution >= 0.6 is 11.3 Å². The van der Waals surface area contributed by atoms with Gasteiger partial charge in [0.25, 0.3) is 0 Å². The fourth-order valence-corrected chi connectivity index (χ4v) is 4.35. The summed E-state index contributed by atoms with van der Waals surface area (Å²) in [5.74, 6) is 0.570. The Balaban J connectivity index is 1.65. The molecule has 2 heterocycles. The summed E-state index contributed by atoms with van der Waals surface area (Å²) in [7, 11) is 0.